The molecule has 0 atom stereocenters. The van der Waals surface area contributed by atoms with Gasteiger partial charge in [-0.05, 0) is 18.4 Å². The van der Waals surface area contributed by atoms with Gasteiger partial charge in [-0.25, -0.2) is 14.6 Å². The average Bonchev–Trinajstić information content (AvgIpc) is 3.42. The molecule has 0 radical (unpaired) electrons. The molecule has 29 heavy (non-hydrogen) atoms. The van der Waals surface area contributed by atoms with Crippen LogP contribution in [0.4, 0.5) is 0 Å². The summed E-state index contributed by atoms with van der Waals surface area (Å²) in [6, 6.07) is 4.12. The van der Waals surface area contributed by atoms with Crippen LogP contribution in [-0.2, 0) is 33.9 Å². The molecule has 12 heteroatoms. The number of carboxylic acid groups (broad SMARTS) is 2. The van der Waals surface area contributed by atoms with E-state index < -0.39 is 11.9 Å². The highest BCUT2D eigenvalue weighted by molar-refractivity contribution is 7.13. The number of aryl methyl sites for hydroxylation is 1. The van der Waals surface area contributed by atoms with Crippen LogP contribution in [0.5, 0.6) is 0 Å². The fourth-order valence-corrected chi connectivity index (χ4v) is 3.49. The Balaban J connectivity index is 0.000000353. The second-order valence-corrected chi connectivity index (χ2v) is 6.97. The van der Waals surface area contributed by atoms with E-state index in [1.807, 2.05) is 12.3 Å². The van der Waals surface area contributed by atoms with E-state index in [4.69, 9.17) is 24.3 Å². The normalized spacial score (nSPS) is 12.7. The first kappa shape index (κ1) is 20.2. The maximum atomic E-state index is 12.4. The Kier molecular flexibility index (Phi) is 6.02. The Morgan fingerprint density at radius 1 is 1.24 bits per heavy atom. The molecule has 0 aromatic carbocycles. The largest absolute Gasteiger partial charge is 0.473 e. The molecule has 0 aliphatic carbocycles. The van der Waals surface area contributed by atoms with E-state index >= 15 is 0 Å². The van der Waals surface area contributed by atoms with E-state index in [0.717, 1.165) is 18.1 Å². The fraction of sp³-hybridized carbons (Fsp3) is 0.294. The van der Waals surface area contributed by atoms with E-state index in [1.165, 1.54) is 4.88 Å². The van der Waals surface area contributed by atoms with Gasteiger partial charge < -0.3 is 24.2 Å². The summed E-state index contributed by atoms with van der Waals surface area (Å²) in [6.07, 6.45) is 2.02. The molecule has 1 amide bonds. The third kappa shape index (κ3) is 4.85. The summed E-state index contributed by atoms with van der Waals surface area (Å²) in [5.41, 5.74) is 1.12. The number of nitrogens with zero attached hydrogens (tertiary/aromatic N) is 5. The quantitative estimate of drug-likeness (QED) is 0.593. The molecule has 4 rings (SSSR count). The van der Waals surface area contributed by atoms with Gasteiger partial charge in [0.15, 0.2) is 5.82 Å². The van der Waals surface area contributed by atoms with E-state index in [1.54, 1.807) is 23.2 Å². The van der Waals surface area contributed by atoms with Gasteiger partial charge in [-0.3, -0.25) is 4.79 Å². The maximum absolute atomic E-state index is 12.4. The van der Waals surface area contributed by atoms with Crippen LogP contribution in [0.1, 0.15) is 17.5 Å². The standard InChI is InChI=1S/C15H15N5O2S.C2H2O4/c1-10-17-14(22-18-10)7-15(21)19-4-5-20-11(8-16-13(20)9-19)12-3-2-6-23-12;3-1(4)2(5)6/h2-3,6,8H,4-5,7,9H2,1H3;(H,3,4)(H,5,6). The highest BCUT2D eigenvalue weighted by Gasteiger charge is 2.25. The summed E-state index contributed by atoms with van der Waals surface area (Å²) in [7, 11) is 0. The Labute approximate surface area is 168 Å². The van der Waals surface area contributed by atoms with Crippen LogP contribution < -0.4 is 0 Å². The zero-order valence-corrected chi connectivity index (χ0v) is 16.1. The number of imidazole rings is 1. The number of carbonyl (C=O) groups is 3. The van der Waals surface area contributed by atoms with Gasteiger partial charge >= 0.3 is 11.9 Å². The van der Waals surface area contributed by atoms with Gasteiger partial charge in [0.25, 0.3) is 0 Å². The number of hydrogen-bond donors (Lipinski definition) is 2. The van der Waals surface area contributed by atoms with Gasteiger partial charge in [0.1, 0.15) is 12.2 Å². The lowest BCUT2D eigenvalue weighted by molar-refractivity contribution is -0.159. The fourth-order valence-electron chi connectivity index (χ4n) is 2.75. The van der Waals surface area contributed by atoms with Crippen LogP contribution in [0.25, 0.3) is 10.6 Å². The van der Waals surface area contributed by atoms with E-state index in [-0.39, 0.29) is 12.3 Å². The van der Waals surface area contributed by atoms with E-state index in [9.17, 15) is 4.79 Å². The average molecular weight is 419 g/mol. The van der Waals surface area contributed by atoms with E-state index in [2.05, 4.69) is 31.1 Å². The van der Waals surface area contributed by atoms with Crippen molar-refractivity contribution in [3.63, 3.8) is 0 Å². The molecule has 0 bridgehead atoms. The molecule has 3 aromatic rings. The molecule has 0 saturated heterocycles. The van der Waals surface area contributed by atoms with Gasteiger partial charge in [-0.1, -0.05) is 11.2 Å². The first-order valence-electron chi connectivity index (χ1n) is 8.46. The van der Waals surface area contributed by atoms with Crippen molar-refractivity contribution in [1.82, 2.24) is 24.6 Å². The first-order chi connectivity index (χ1) is 13.8. The Morgan fingerprint density at radius 3 is 2.59 bits per heavy atom. The van der Waals surface area contributed by atoms with Crippen LogP contribution in [0.3, 0.4) is 0 Å². The minimum absolute atomic E-state index is 0.0134. The number of rotatable bonds is 3. The van der Waals surface area contributed by atoms with Crippen molar-refractivity contribution in [2.45, 2.75) is 26.4 Å². The Bertz CT molecular complexity index is 1010. The number of carbonyl (C=O) groups excluding carboxylic acids is 1. The van der Waals surface area contributed by atoms with Crippen LogP contribution >= 0.6 is 11.3 Å². The zero-order valence-electron chi connectivity index (χ0n) is 15.3. The van der Waals surface area contributed by atoms with Crippen molar-refractivity contribution in [3.05, 3.63) is 41.2 Å². The first-order valence-corrected chi connectivity index (χ1v) is 9.34. The zero-order chi connectivity index (χ0) is 21.0. The number of aromatic nitrogens is 4. The molecule has 1 aliphatic heterocycles. The minimum Gasteiger partial charge on any atom is -0.473 e. The summed E-state index contributed by atoms with van der Waals surface area (Å²) in [5.74, 6) is -1.84. The lowest BCUT2D eigenvalue weighted by Crippen LogP contribution is -2.39. The van der Waals surface area contributed by atoms with E-state index in [0.29, 0.717) is 24.8 Å². The predicted molar refractivity (Wildman–Crippen MR) is 99.0 cm³/mol. The smallest absolute Gasteiger partial charge is 0.414 e. The molecule has 152 valence electrons. The third-order valence-electron chi connectivity index (χ3n) is 4.05. The molecule has 0 saturated carbocycles. The van der Waals surface area contributed by atoms with Crippen LogP contribution in [-0.4, -0.2) is 59.2 Å². The summed E-state index contributed by atoms with van der Waals surface area (Å²) < 4.78 is 7.21. The third-order valence-corrected chi connectivity index (χ3v) is 4.94. The molecule has 2 N–H and O–H groups in total. The molecule has 1 aliphatic rings. The SMILES string of the molecule is Cc1noc(CC(=O)N2CCn3c(-c4cccs4)cnc3C2)n1.O=C(O)C(=O)O. The van der Waals surface area contributed by atoms with Gasteiger partial charge in [0.2, 0.25) is 11.8 Å². The molecular formula is C17H17N5O6S. The highest BCUT2D eigenvalue weighted by Crippen LogP contribution is 2.27. The predicted octanol–water partition coefficient (Wildman–Crippen LogP) is 1.04. The number of carboxylic acids is 2. The van der Waals surface area contributed by atoms with Crippen LogP contribution in [0.2, 0.25) is 0 Å². The van der Waals surface area contributed by atoms with Gasteiger partial charge in [-0.2, -0.15) is 4.98 Å². The molecule has 3 aromatic heterocycles. The number of fused-ring (bicyclic) bond motifs is 1. The number of hydrogen-bond acceptors (Lipinski definition) is 8. The van der Waals surface area contributed by atoms with Crippen molar-refractivity contribution < 1.29 is 29.1 Å². The summed E-state index contributed by atoms with van der Waals surface area (Å²) in [4.78, 5) is 42.1. The Morgan fingerprint density at radius 2 is 2.00 bits per heavy atom. The van der Waals surface area contributed by atoms with Crippen molar-refractivity contribution in [3.8, 4) is 10.6 Å². The van der Waals surface area contributed by atoms with Gasteiger partial charge in [0.05, 0.1) is 23.3 Å². The molecule has 0 unspecified atom stereocenters. The monoisotopic (exact) mass is 419 g/mol. The van der Waals surface area contributed by atoms with Crippen LogP contribution in [0.15, 0.2) is 28.2 Å². The summed E-state index contributed by atoms with van der Waals surface area (Å²) >= 11 is 1.70. The summed E-state index contributed by atoms with van der Waals surface area (Å²) in [6.45, 7) is 3.66. The topological polar surface area (TPSA) is 152 Å². The molecule has 4 heterocycles. The number of amides is 1. The second-order valence-electron chi connectivity index (χ2n) is 6.03. The second kappa shape index (κ2) is 8.65. The van der Waals surface area contributed by atoms with Crippen molar-refractivity contribution in [2.75, 3.05) is 6.54 Å². The number of thiophene rings is 1. The van der Waals surface area contributed by atoms with Gasteiger partial charge in [-0.15, -0.1) is 11.3 Å². The van der Waals surface area contributed by atoms with Crippen molar-refractivity contribution in [2.24, 2.45) is 0 Å². The minimum atomic E-state index is -1.82. The van der Waals surface area contributed by atoms with Crippen LogP contribution in [0, 0.1) is 6.92 Å². The molecular weight excluding hydrogens is 402 g/mol. The summed E-state index contributed by atoms with van der Waals surface area (Å²) in [5, 5.41) is 20.5. The lowest BCUT2D eigenvalue weighted by atomic mass is 10.3. The molecule has 11 nitrogen and oxygen atoms in total. The lowest BCUT2D eigenvalue weighted by Gasteiger charge is -2.28. The van der Waals surface area contributed by atoms with Crippen molar-refractivity contribution in [1.29, 1.82) is 0 Å². The van der Waals surface area contributed by atoms with Gasteiger partial charge in [0, 0.05) is 13.1 Å². The highest BCUT2D eigenvalue weighted by atomic mass is 32.1. The molecule has 0 spiro atoms. The Hall–Kier alpha value is -3.54. The van der Waals surface area contributed by atoms with Crippen molar-refractivity contribution >= 4 is 29.2 Å². The molecule has 0 fully saturated rings. The number of aliphatic carboxylic acids is 2. The maximum Gasteiger partial charge on any atom is 0.414 e.